The Morgan fingerprint density at radius 2 is 0.902 bits per heavy atom. The molecular weight excluding hydrogens is 601 g/mol. The van der Waals surface area contributed by atoms with Crippen LogP contribution in [-0.4, -0.2) is 83.6 Å². The van der Waals surface area contributed by atoms with Gasteiger partial charge in [0.1, 0.15) is 0 Å². The zero-order valence-electron chi connectivity index (χ0n) is 24.7. The van der Waals surface area contributed by atoms with Crippen LogP contribution < -0.4 is 9.44 Å². The lowest BCUT2D eigenvalue weighted by molar-refractivity contribution is 0.0976. The van der Waals surface area contributed by atoms with Gasteiger partial charge in [0.15, 0.2) is 0 Å². The minimum absolute atomic E-state index is 0.138. The Labute approximate surface area is 254 Å². The summed E-state index contributed by atoms with van der Waals surface area (Å²) in [7, 11) is 4.40. The maximum absolute atomic E-state index is 12.5. The Kier molecular flexibility index (Phi) is 16.2. The molecule has 2 aromatic carbocycles. The van der Waals surface area contributed by atoms with Crippen LogP contribution in [0.4, 0.5) is 0 Å². The Hall–Kier alpha value is -1.73. The Balaban J connectivity index is 1.74. The molecule has 2 rings (SSSR count). The van der Waals surface area contributed by atoms with Gasteiger partial charge in [0.05, 0.1) is 0 Å². The van der Waals surface area contributed by atoms with Crippen LogP contribution in [0, 0.1) is 0 Å². The van der Waals surface area contributed by atoms with Crippen LogP contribution in [0.1, 0.15) is 44.7 Å². The van der Waals surface area contributed by atoms with E-state index in [1.54, 1.807) is 42.7 Å². The molecule has 0 heterocycles. The lowest BCUT2D eigenvalue weighted by atomic mass is 10.0. The molecule has 0 unspecified atom stereocenters. The first-order chi connectivity index (χ1) is 19.8. The molecule has 0 atom stereocenters. The van der Waals surface area contributed by atoms with E-state index in [0.717, 1.165) is 35.5 Å². The lowest BCUT2D eigenvalue weighted by Gasteiger charge is -2.24. The summed E-state index contributed by atoms with van der Waals surface area (Å²) in [6.45, 7) is 0. The second-order valence-corrected chi connectivity index (χ2v) is 16.9. The minimum atomic E-state index is -2.58. The summed E-state index contributed by atoms with van der Waals surface area (Å²) in [6.07, 6.45) is 2.29. The van der Waals surface area contributed by atoms with E-state index >= 15 is 0 Å². The van der Waals surface area contributed by atoms with Crippen LogP contribution in [0.15, 0.2) is 48.5 Å². The molecule has 228 valence electrons. The van der Waals surface area contributed by atoms with Gasteiger partial charge in [-0.2, -0.15) is 0 Å². The topological polar surface area (TPSA) is 114 Å². The predicted octanol–water partition coefficient (Wildman–Crippen LogP) is 4.57. The minimum Gasteiger partial charge on any atom is -0.377 e. The smallest absolute Gasteiger partial charge is 0.377 e. The van der Waals surface area contributed by atoms with Crippen molar-refractivity contribution in [1.29, 1.82) is 0 Å². The van der Waals surface area contributed by atoms with Crippen molar-refractivity contribution < 1.29 is 36.1 Å². The van der Waals surface area contributed by atoms with Crippen molar-refractivity contribution in [2.75, 3.05) is 54.2 Å². The number of hydrogen-bond acceptors (Lipinski definition) is 10. The first-order valence-corrected chi connectivity index (χ1v) is 19.0. The van der Waals surface area contributed by atoms with Gasteiger partial charge in [-0.1, -0.05) is 48.2 Å². The molecule has 0 saturated carbocycles. The van der Waals surface area contributed by atoms with Gasteiger partial charge in [0.25, 0.3) is 11.8 Å². The quantitative estimate of drug-likeness (QED) is 0.121. The van der Waals surface area contributed by atoms with E-state index in [1.807, 2.05) is 48.5 Å². The third kappa shape index (κ3) is 11.5. The number of nitrogens with one attached hydrogen (secondary N) is 2. The van der Waals surface area contributed by atoms with Crippen molar-refractivity contribution in [2.45, 2.75) is 31.4 Å². The van der Waals surface area contributed by atoms with Crippen LogP contribution in [0.5, 0.6) is 0 Å². The van der Waals surface area contributed by atoms with E-state index < -0.39 is 17.6 Å². The SMILES string of the molecule is CO[Si](CCCSNC(=O)c1ccc(Cc2ccc(C(=O)NSCCC[Si](OC)(OC)OC)cc2)cc1)(OC)OC. The van der Waals surface area contributed by atoms with E-state index in [4.69, 9.17) is 26.6 Å². The summed E-state index contributed by atoms with van der Waals surface area (Å²) in [6, 6.07) is 16.4. The molecule has 0 saturated heterocycles. The van der Waals surface area contributed by atoms with Crippen molar-refractivity contribution >= 4 is 53.3 Å². The number of hydrogen-bond donors (Lipinski definition) is 2. The molecule has 0 spiro atoms. The fraction of sp³-hybridized carbons (Fsp3) is 0.481. The molecule has 14 heteroatoms. The van der Waals surface area contributed by atoms with Crippen molar-refractivity contribution in [3.63, 3.8) is 0 Å². The van der Waals surface area contributed by atoms with E-state index in [0.29, 0.717) is 29.6 Å². The summed E-state index contributed by atoms with van der Waals surface area (Å²) in [5.74, 6) is 1.17. The van der Waals surface area contributed by atoms with E-state index in [9.17, 15) is 9.59 Å². The van der Waals surface area contributed by atoms with Gasteiger partial charge in [-0.05, 0) is 54.7 Å². The molecule has 10 nitrogen and oxygen atoms in total. The monoisotopic (exact) mass is 642 g/mol. The van der Waals surface area contributed by atoms with Crippen LogP contribution in [0.25, 0.3) is 0 Å². The molecule has 2 amide bonds. The standard InChI is InChI=1S/C27H42N2O8S2Si2/c1-32-40(33-2,34-3)19-7-17-38-28-26(30)24-13-9-22(10-14-24)21-23-11-15-25(16-12-23)27(31)29-39-18-8-20-41(35-4,36-5)37-6/h9-16H,7-8,17-21H2,1-6H3,(H,28,30)(H,29,31). The van der Waals surface area contributed by atoms with Crippen LogP contribution in [0.2, 0.25) is 12.1 Å². The van der Waals surface area contributed by atoms with Gasteiger partial charge in [0.2, 0.25) is 0 Å². The Morgan fingerprint density at radius 3 is 1.20 bits per heavy atom. The normalized spacial score (nSPS) is 11.9. The molecule has 0 aromatic heterocycles. The predicted molar refractivity (Wildman–Crippen MR) is 168 cm³/mol. The highest BCUT2D eigenvalue weighted by Crippen LogP contribution is 2.18. The molecule has 0 aliphatic carbocycles. The Morgan fingerprint density at radius 1 is 0.585 bits per heavy atom. The molecule has 2 aromatic rings. The molecule has 0 aliphatic rings. The van der Waals surface area contributed by atoms with Gasteiger partial charge in [-0.3, -0.25) is 19.0 Å². The molecule has 0 aliphatic heterocycles. The fourth-order valence-corrected chi connectivity index (χ4v) is 9.20. The average Bonchev–Trinajstić information content (AvgIpc) is 3.02. The molecular formula is C27H42N2O8S2Si2. The molecule has 0 radical (unpaired) electrons. The van der Waals surface area contributed by atoms with E-state index in [1.165, 1.54) is 23.9 Å². The third-order valence-corrected chi connectivity index (χ3v) is 13.8. The fourth-order valence-electron chi connectivity index (χ4n) is 3.97. The van der Waals surface area contributed by atoms with Crippen molar-refractivity contribution in [1.82, 2.24) is 9.44 Å². The number of carbonyl (C=O) groups excluding carboxylic acids is 2. The summed E-state index contributed by atoms with van der Waals surface area (Å²) in [5, 5.41) is 0. The van der Waals surface area contributed by atoms with Crippen molar-refractivity contribution in [3.8, 4) is 0 Å². The lowest BCUT2D eigenvalue weighted by Crippen LogP contribution is -2.42. The summed E-state index contributed by atoms with van der Waals surface area (Å²) in [4.78, 5) is 25.0. The number of benzene rings is 2. The maximum atomic E-state index is 12.5. The van der Waals surface area contributed by atoms with Crippen LogP contribution in [-0.2, 0) is 33.0 Å². The van der Waals surface area contributed by atoms with E-state index in [-0.39, 0.29) is 11.8 Å². The molecule has 0 fully saturated rings. The van der Waals surface area contributed by atoms with Crippen LogP contribution >= 0.6 is 23.9 Å². The zero-order chi connectivity index (χ0) is 30.1. The van der Waals surface area contributed by atoms with Gasteiger partial charge in [0, 0.05) is 77.4 Å². The highest BCUT2D eigenvalue weighted by atomic mass is 32.2. The number of carbonyl (C=O) groups is 2. The highest BCUT2D eigenvalue weighted by molar-refractivity contribution is 7.98. The van der Waals surface area contributed by atoms with Gasteiger partial charge in [-0.15, -0.1) is 0 Å². The average molecular weight is 643 g/mol. The molecule has 0 bridgehead atoms. The summed E-state index contributed by atoms with van der Waals surface area (Å²) < 4.78 is 38.2. The van der Waals surface area contributed by atoms with Crippen molar-refractivity contribution in [2.24, 2.45) is 0 Å². The maximum Gasteiger partial charge on any atom is 0.500 e. The summed E-state index contributed by atoms with van der Waals surface area (Å²) in [5.41, 5.74) is 3.34. The largest absolute Gasteiger partial charge is 0.500 e. The van der Waals surface area contributed by atoms with Crippen LogP contribution in [0.3, 0.4) is 0 Å². The van der Waals surface area contributed by atoms with Crippen molar-refractivity contribution in [3.05, 3.63) is 70.8 Å². The Bertz CT molecular complexity index is 956. The van der Waals surface area contributed by atoms with Gasteiger partial charge in [-0.25, -0.2) is 0 Å². The van der Waals surface area contributed by atoms with Gasteiger partial charge >= 0.3 is 17.6 Å². The first-order valence-electron chi connectivity index (χ1n) is 13.1. The molecule has 41 heavy (non-hydrogen) atoms. The second-order valence-electron chi connectivity index (χ2n) is 8.93. The molecule has 2 N–H and O–H groups in total. The first kappa shape index (κ1) is 35.5. The highest BCUT2D eigenvalue weighted by Gasteiger charge is 2.37. The number of amides is 2. The van der Waals surface area contributed by atoms with Gasteiger partial charge < -0.3 is 26.6 Å². The van der Waals surface area contributed by atoms with E-state index in [2.05, 4.69) is 9.44 Å². The summed E-state index contributed by atoms with van der Waals surface area (Å²) >= 11 is 2.72. The zero-order valence-corrected chi connectivity index (χ0v) is 28.3. The number of rotatable bonds is 20. The second kappa shape index (κ2) is 18.7. The third-order valence-electron chi connectivity index (χ3n) is 6.49.